The van der Waals surface area contributed by atoms with E-state index >= 15 is 0 Å². The van der Waals surface area contributed by atoms with Crippen molar-refractivity contribution in [3.8, 4) is 0 Å². The molecule has 0 aliphatic rings. The first-order valence-electron chi connectivity index (χ1n) is 7.57. The van der Waals surface area contributed by atoms with Crippen LogP contribution < -0.4 is 5.56 Å². The van der Waals surface area contributed by atoms with Gasteiger partial charge in [-0.15, -0.1) is 11.6 Å². The highest BCUT2D eigenvalue weighted by Gasteiger charge is 2.19. The van der Waals surface area contributed by atoms with Crippen molar-refractivity contribution in [2.75, 3.05) is 0 Å². The number of alkyl halides is 1. The summed E-state index contributed by atoms with van der Waals surface area (Å²) < 4.78 is 1.78. The van der Waals surface area contributed by atoms with E-state index in [0.29, 0.717) is 17.1 Å². The van der Waals surface area contributed by atoms with E-state index in [9.17, 15) is 4.79 Å². The van der Waals surface area contributed by atoms with Gasteiger partial charge >= 0.3 is 0 Å². The zero-order valence-electron chi connectivity index (χ0n) is 13.1. The van der Waals surface area contributed by atoms with Gasteiger partial charge in [0.05, 0.1) is 16.3 Å². The molecule has 0 spiro atoms. The quantitative estimate of drug-likeness (QED) is 0.751. The number of benzene rings is 1. The number of hydrogen-bond donors (Lipinski definition) is 0. The van der Waals surface area contributed by atoms with Crippen molar-refractivity contribution in [2.45, 2.75) is 52.0 Å². The summed E-state index contributed by atoms with van der Waals surface area (Å²) in [5, 5.41) is 0.374. The molecule has 0 aliphatic carbocycles. The average Bonchev–Trinajstić information content (AvgIpc) is 2.44. The molecule has 1 aromatic carbocycles. The van der Waals surface area contributed by atoms with Crippen LogP contribution in [0.2, 0.25) is 0 Å². The Bertz CT molecular complexity index is 676. The molecule has 2 aromatic rings. The highest BCUT2D eigenvalue weighted by atomic mass is 35.5. The van der Waals surface area contributed by atoms with Crippen LogP contribution >= 0.6 is 11.6 Å². The fourth-order valence-electron chi connectivity index (χ4n) is 2.57. The van der Waals surface area contributed by atoms with Gasteiger partial charge in [0.1, 0.15) is 5.82 Å². The number of halogens is 1. The molecule has 1 aromatic heterocycles. The molecule has 2 atom stereocenters. The zero-order valence-corrected chi connectivity index (χ0v) is 13.9. The number of para-hydroxylation sites is 1. The standard InChI is InChI=1S/C17H23ClN2O/c1-11(2)9-10-12(3)20-16(13(4)18)19-15-8-6-5-7-14(15)17(20)21/h5-8,11-13H,9-10H2,1-4H3. The van der Waals surface area contributed by atoms with E-state index in [1.807, 2.05) is 31.2 Å². The van der Waals surface area contributed by atoms with Crippen LogP contribution in [-0.2, 0) is 0 Å². The van der Waals surface area contributed by atoms with Crippen LogP contribution in [0.4, 0.5) is 0 Å². The van der Waals surface area contributed by atoms with Gasteiger partial charge in [0.15, 0.2) is 0 Å². The third-order valence-electron chi connectivity index (χ3n) is 3.79. The lowest BCUT2D eigenvalue weighted by molar-refractivity contribution is 0.418. The maximum absolute atomic E-state index is 12.8. The van der Waals surface area contributed by atoms with Gasteiger partial charge in [0.2, 0.25) is 0 Å². The van der Waals surface area contributed by atoms with Crippen molar-refractivity contribution in [2.24, 2.45) is 5.92 Å². The summed E-state index contributed by atoms with van der Waals surface area (Å²) in [5.41, 5.74) is 0.733. The molecule has 0 N–H and O–H groups in total. The van der Waals surface area contributed by atoms with E-state index in [4.69, 9.17) is 11.6 Å². The lowest BCUT2D eigenvalue weighted by Crippen LogP contribution is -2.28. The summed E-state index contributed by atoms with van der Waals surface area (Å²) in [7, 11) is 0. The van der Waals surface area contributed by atoms with E-state index in [1.165, 1.54) is 0 Å². The molecule has 2 rings (SSSR count). The molecule has 3 nitrogen and oxygen atoms in total. The highest BCUT2D eigenvalue weighted by Crippen LogP contribution is 2.24. The Balaban J connectivity index is 2.56. The molecular weight excluding hydrogens is 284 g/mol. The Morgan fingerprint density at radius 2 is 1.81 bits per heavy atom. The first-order valence-corrected chi connectivity index (χ1v) is 8.00. The summed E-state index contributed by atoms with van der Waals surface area (Å²) in [6, 6.07) is 7.57. The average molecular weight is 307 g/mol. The van der Waals surface area contributed by atoms with Crippen LogP contribution in [0.5, 0.6) is 0 Å². The monoisotopic (exact) mass is 306 g/mol. The molecule has 0 radical (unpaired) electrons. The molecule has 0 amide bonds. The van der Waals surface area contributed by atoms with Crippen molar-refractivity contribution in [1.29, 1.82) is 0 Å². The van der Waals surface area contributed by atoms with Crippen LogP contribution in [0.25, 0.3) is 10.9 Å². The van der Waals surface area contributed by atoms with E-state index in [2.05, 4.69) is 25.8 Å². The first kappa shape index (κ1) is 16.0. The fourth-order valence-corrected chi connectivity index (χ4v) is 2.73. The van der Waals surface area contributed by atoms with Crippen LogP contribution in [0, 0.1) is 5.92 Å². The van der Waals surface area contributed by atoms with Crippen LogP contribution in [0.15, 0.2) is 29.1 Å². The minimum absolute atomic E-state index is 0.0133. The summed E-state index contributed by atoms with van der Waals surface area (Å²) in [4.78, 5) is 17.4. The lowest BCUT2D eigenvalue weighted by Gasteiger charge is -2.21. The number of hydrogen-bond acceptors (Lipinski definition) is 2. The lowest BCUT2D eigenvalue weighted by atomic mass is 10.0. The van der Waals surface area contributed by atoms with Crippen molar-refractivity contribution >= 4 is 22.5 Å². The van der Waals surface area contributed by atoms with Crippen molar-refractivity contribution in [1.82, 2.24) is 9.55 Å². The predicted molar refractivity (Wildman–Crippen MR) is 89.1 cm³/mol. The molecule has 0 fully saturated rings. The second kappa shape index (κ2) is 6.61. The van der Waals surface area contributed by atoms with Crippen molar-refractivity contribution in [3.63, 3.8) is 0 Å². The normalized spacial score (nSPS) is 14.6. The Hall–Kier alpha value is -1.35. The van der Waals surface area contributed by atoms with Gasteiger partial charge in [-0.25, -0.2) is 4.98 Å². The molecule has 0 bridgehead atoms. The summed E-state index contributed by atoms with van der Waals surface area (Å²) in [5.74, 6) is 1.28. The molecule has 1 heterocycles. The van der Waals surface area contributed by atoms with E-state index in [1.54, 1.807) is 4.57 Å². The molecular formula is C17H23ClN2O. The summed E-state index contributed by atoms with van der Waals surface area (Å²) in [6.45, 7) is 8.32. The smallest absolute Gasteiger partial charge is 0.261 e. The maximum atomic E-state index is 12.8. The predicted octanol–water partition coefficient (Wildman–Crippen LogP) is 4.69. The van der Waals surface area contributed by atoms with E-state index in [0.717, 1.165) is 18.4 Å². The topological polar surface area (TPSA) is 34.9 Å². The molecule has 0 aliphatic heterocycles. The SMILES string of the molecule is CC(C)CCC(C)n1c(C(C)Cl)nc2ccccc2c1=O. The molecule has 0 saturated heterocycles. The van der Waals surface area contributed by atoms with Gasteiger partial charge in [0.25, 0.3) is 5.56 Å². The molecule has 2 unspecified atom stereocenters. The van der Waals surface area contributed by atoms with Crippen LogP contribution in [0.1, 0.15) is 57.8 Å². The van der Waals surface area contributed by atoms with Crippen LogP contribution in [-0.4, -0.2) is 9.55 Å². The Labute approximate surface area is 131 Å². The minimum atomic E-state index is -0.288. The van der Waals surface area contributed by atoms with Gasteiger partial charge in [-0.1, -0.05) is 26.0 Å². The molecule has 0 saturated carbocycles. The van der Waals surface area contributed by atoms with Gasteiger partial charge in [-0.2, -0.15) is 0 Å². The third-order valence-corrected chi connectivity index (χ3v) is 3.99. The Kier molecular flexibility index (Phi) is 5.04. The summed E-state index contributed by atoms with van der Waals surface area (Å²) >= 11 is 6.27. The van der Waals surface area contributed by atoms with Gasteiger partial charge in [-0.3, -0.25) is 9.36 Å². The Morgan fingerprint density at radius 1 is 1.14 bits per heavy atom. The van der Waals surface area contributed by atoms with Gasteiger partial charge < -0.3 is 0 Å². The number of nitrogens with zero attached hydrogens (tertiary/aromatic N) is 2. The fraction of sp³-hybridized carbons (Fsp3) is 0.529. The van der Waals surface area contributed by atoms with Crippen molar-refractivity contribution < 1.29 is 0 Å². The van der Waals surface area contributed by atoms with E-state index in [-0.39, 0.29) is 17.0 Å². The molecule has 114 valence electrons. The number of aromatic nitrogens is 2. The third kappa shape index (κ3) is 3.46. The van der Waals surface area contributed by atoms with Gasteiger partial charge in [0, 0.05) is 6.04 Å². The second-order valence-corrected chi connectivity index (χ2v) is 6.75. The maximum Gasteiger partial charge on any atom is 0.261 e. The zero-order chi connectivity index (χ0) is 15.6. The minimum Gasteiger partial charge on any atom is -0.292 e. The number of fused-ring (bicyclic) bond motifs is 1. The first-order chi connectivity index (χ1) is 9.91. The van der Waals surface area contributed by atoms with Gasteiger partial charge in [-0.05, 0) is 44.7 Å². The van der Waals surface area contributed by atoms with E-state index < -0.39 is 0 Å². The highest BCUT2D eigenvalue weighted by molar-refractivity contribution is 6.20. The summed E-state index contributed by atoms with van der Waals surface area (Å²) in [6.07, 6.45) is 2.03. The molecule has 21 heavy (non-hydrogen) atoms. The van der Waals surface area contributed by atoms with Crippen molar-refractivity contribution in [3.05, 3.63) is 40.4 Å². The second-order valence-electron chi connectivity index (χ2n) is 6.10. The Morgan fingerprint density at radius 3 is 2.43 bits per heavy atom. The van der Waals surface area contributed by atoms with Crippen LogP contribution in [0.3, 0.4) is 0 Å². The largest absolute Gasteiger partial charge is 0.292 e. The molecule has 4 heteroatoms. The number of rotatable bonds is 5.